The van der Waals surface area contributed by atoms with Crippen molar-refractivity contribution < 1.29 is 9.90 Å². The van der Waals surface area contributed by atoms with Crippen molar-refractivity contribution in [2.24, 2.45) is 5.10 Å². The van der Waals surface area contributed by atoms with Crippen LogP contribution in [0.4, 0.5) is 5.69 Å². The van der Waals surface area contributed by atoms with Gasteiger partial charge in [0.05, 0.1) is 11.3 Å². The highest BCUT2D eigenvalue weighted by atomic mass is 16.4. The van der Waals surface area contributed by atoms with E-state index < -0.39 is 5.97 Å². The van der Waals surface area contributed by atoms with E-state index in [2.05, 4.69) is 29.6 Å². The molecular formula is C16H16N2O2. The number of carboxylic acid groups (broad SMARTS) is 1. The lowest BCUT2D eigenvalue weighted by Gasteiger charge is -2.06. The maximum atomic E-state index is 10.7. The van der Waals surface area contributed by atoms with Gasteiger partial charge in [0.15, 0.2) is 0 Å². The number of benzene rings is 2. The molecule has 2 aromatic carbocycles. The lowest BCUT2D eigenvalue weighted by atomic mass is 10.0. The second-order valence-corrected chi connectivity index (χ2v) is 4.47. The first kappa shape index (κ1) is 13.8. The van der Waals surface area contributed by atoms with Crippen molar-refractivity contribution in [3.8, 4) is 0 Å². The molecule has 0 unspecified atom stereocenters. The van der Waals surface area contributed by atoms with Gasteiger partial charge in [-0.05, 0) is 29.8 Å². The molecule has 0 saturated carbocycles. The van der Waals surface area contributed by atoms with Crippen LogP contribution in [-0.4, -0.2) is 17.3 Å². The minimum atomic E-state index is -0.933. The third-order valence-electron chi connectivity index (χ3n) is 2.95. The highest BCUT2D eigenvalue weighted by molar-refractivity contribution is 5.88. The molecule has 2 N–H and O–H groups in total. The Bertz CT molecular complexity index is 592. The van der Waals surface area contributed by atoms with Crippen LogP contribution < -0.4 is 5.43 Å². The van der Waals surface area contributed by atoms with E-state index in [9.17, 15) is 4.79 Å². The predicted octanol–water partition coefficient (Wildman–Crippen LogP) is 3.59. The van der Waals surface area contributed by atoms with Crippen LogP contribution in [0.3, 0.4) is 0 Å². The Balaban J connectivity index is 1.94. The van der Waals surface area contributed by atoms with Crippen LogP contribution in [0, 0.1) is 0 Å². The predicted molar refractivity (Wildman–Crippen MR) is 80.4 cm³/mol. The van der Waals surface area contributed by atoms with Gasteiger partial charge in [0.1, 0.15) is 0 Å². The first-order chi connectivity index (χ1) is 9.66. The number of nitrogens with one attached hydrogen (secondary N) is 1. The van der Waals surface area contributed by atoms with Gasteiger partial charge in [0, 0.05) is 12.1 Å². The van der Waals surface area contributed by atoms with E-state index in [1.165, 1.54) is 5.56 Å². The van der Waals surface area contributed by atoms with E-state index in [0.29, 0.717) is 0 Å². The van der Waals surface area contributed by atoms with Crippen molar-refractivity contribution in [1.82, 2.24) is 0 Å². The van der Waals surface area contributed by atoms with Crippen molar-refractivity contribution in [2.45, 2.75) is 12.8 Å². The smallest absolute Gasteiger partial charge is 0.335 e. The number of hydrogen-bond donors (Lipinski definition) is 2. The minimum absolute atomic E-state index is 0.210. The van der Waals surface area contributed by atoms with Gasteiger partial charge < -0.3 is 5.11 Å². The standard InChI is InChI=1S/C16H16N2O2/c1-12(13-5-3-2-4-6-13)11-17-18-15-9-7-14(8-10-15)16(19)20/h2-12,18H,1H3,(H,19,20)/b17-11-/t12-/m0/s1. The normalized spacial score (nSPS) is 12.2. The number of carboxylic acids is 1. The first-order valence-corrected chi connectivity index (χ1v) is 6.34. The van der Waals surface area contributed by atoms with Crippen molar-refractivity contribution in [3.63, 3.8) is 0 Å². The van der Waals surface area contributed by atoms with Crippen LogP contribution in [0.2, 0.25) is 0 Å². The zero-order chi connectivity index (χ0) is 14.4. The summed E-state index contributed by atoms with van der Waals surface area (Å²) in [6, 6.07) is 16.5. The molecular weight excluding hydrogens is 252 g/mol. The fourth-order valence-electron chi connectivity index (χ4n) is 1.75. The van der Waals surface area contributed by atoms with Crippen molar-refractivity contribution in [1.29, 1.82) is 0 Å². The maximum absolute atomic E-state index is 10.7. The van der Waals surface area contributed by atoms with Crippen LogP contribution in [0.1, 0.15) is 28.8 Å². The summed E-state index contributed by atoms with van der Waals surface area (Å²) in [4.78, 5) is 10.7. The molecule has 4 nitrogen and oxygen atoms in total. The number of rotatable bonds is 5. The van der Waals surface area contributed by atoms with Gasteiger partial charge in [-0.1, -0.05) is 37.3 Å². The molecule has 0 spiro atoms. The Morgan fingerprint density at radius 1 is 1.15 bits per heavy atom. The van der Waals surface area contributed by atoms with Crippen molar-refractivity contribution >= 4 is 17.9 Å². The molecule has 4 heteroatoms. The number of nitrogens with zero attached hydrogens (tertiary/aromatic N) is 1. The summed E-state index contributed by atoms with van der Waals surface area (Å²) >= 11 is 0. The molecule has 0 radical (unpaired) electrons. The van der Waals surface area contributed by atoms with Gasteiger partial charge in [-0.15, -0.1) is 0 Å². The van der Waals surface area contributed by atoms with E-state index in [0.717, 1.165) is 5.69 Å². The van der Waals surface area contributed by atoms with Gasteiger partial charge in [-0.3, -0.25) is 5.43 Å². The Hall–Kier alpha value is -2.62. The number of anilines is 1. The summed E-state index contributed by atoms with van der Waals surface area (Å²) in [5.74, 6) is -0.722. The summed E-state index contributed by atoms with van der Waals surface area (Å²) in [6.07, 6.45) is 1.82. The molecule has 0 aliphatic carbocycles. The van der Waals surface area contributed by atoms with Crippen molar-refractivity contribution in [2.75, 3.05) is 5.43 Å². The van der Waals surface area contributed by atoms with Crippen LogP contribution in [0.25, 0.3) is 0 Å². The highest BCUT2D eigenvalue weighted by Crippen LogP contribution is 2.13. The topological polar surface area (TPSA) is 61.7 Å². The van der Waals surface area contributed by atoms with Gasteiger partial charge >= 0.3 is 5.97 Å². The molecule has 0 bridgehead atoms. The third-order valence-corrected chi connectivity index (χ3v) is 2.95. The van der Waals surface area contributed by atoms with E-state index in [-0.39, 0.29) is 11.5 Å². The van der Waals surface area contributed by atoms with Crippen LogP contribution in [0.5, 0.6) is 0 Å². The van der Waals surface area contributed by atoms with E-state index in [1.807, 2.05) is 24.4 Å². The Morgan fingerprint density at radius 2 is 1.80 bits per heavy atom. The third kappa shape index (κ3) is 3.68. The van der Waals surface area contributed by atoms with Gasteiger partial charge in [0.25, 0.3) is 0 Å². The first-order valence-electron chi connectivity index (χ1n) is 6.34. The minimum Gasteiger partial charge on any atom is -0.478 e. The Labute approximate surface area is 117 Å². The summed E-state index contributed by atoms with van der Waals surface area (Å²) in [5, 5.41) is 13.0. The molecule has 0 aliphatic heterocycles. The molecule has 20 heavy (non-hydrogen) atoms. The molecule has 0 heterocycles. The lowest BCUT2D eigenvalue weighted by molar-refractivity contribution is 0.0697. The van der Waals surface area contributed by atoms with Crippen molar-refractivity contribution in [3.05, 3.63) is 65.7 Å². The second kappa shape index (κ2) is 6.52. The highest BCUT2D eigenvalue weighted by Gasteiger charge is 2.02. The lowest BCUT2D eigenvalue weighted by Crippen LogP contribution is -1.98. The molecule has 2 aromatic rings. The van der Waals surface area contributed by atoms with Gasteiger partial charge in [-0.25, -0.2) is 4.79 Å². The van der Waals surface area contributed by atoms with Crippen LogP contribution >= 0.6 is 0 Å². The molecule has 0 amide bonds. The molecule has 102 valence electrons. The molecule has 1 atom stereocenters. The molecule has 0 fully saturated rings. The number of hydrazone groups is 1. The Kier molecular flexibility index (Phi) is 4.50. The fourth-order valence-corrected chi connectivity index (χ4v) is 1.75. The SMILES string of the molecule is C[C@@H](/C=N\Nc1ccc(C(=O)O)cc1)c1ccccc1. The molecule has 0 aliphatic rings. The van der Waals surface area contributed by atoms with Gasteiger partial charge in [-0.2, -0.15) is 5.10 Å². The summed E-state index contributed by atoms with van der Waals surface area (Å²) < 4.78 is 0. The number of aromatic carboxylic acids is 1. The summed E-state index contributed by atoms with van der Waals surface area (Å²) in [6.45, 7) is 2.06. The zero-order valence-corrected chi connectivity index (χ0v) is 11.2. The second-order valence-electron chi connectivity index (χ2n) is 4.47. The molecule has 0 aromatic heterocycles. The summed E-state index contributed by atoms with van der Waals surface area (Å²) in [7, 11) is 0. The zero-order valence-electron chi connectivity index (χ0n) is 11.2. The van der Waals surface area contributed by atoms with Gasteiger partial charge in [0.2, 0.25) is 0 Å². The number of carbonyl (C=O) groups is 1. The molecule has 0 saturated heterocycles. The monoisotopic (exact) mass is 268 g/mol. The van der Waals surface area contributed by atoms with E-state index in [4.69, 9.17) is 5.11 Å². The average molecular weight is 268 g/mol. The summed E-state index contributed by atoms with van der Waals surface area (Å²) in [5.41, 5.74) is 5.10. The average Bonchev–Trinajstić information content (AvgIpc) is 2.48. The van der Waals surface area contributed by atoms with E-state index in [1.54, 1.807) is 24.3 Å². The maximum Gasteiger partial charge on any atom is 0.335 e. The largest absolute Gasteiger partial charge is 0.478 e. The quantitative estimate of drug-likeness (QED) is 0.643. The number of hydrogen-bond acceptors (Lipinski definition) is 3. The van der Waals surface area contributed by atoms with Crippen LogP contribution in [0.15, 0.2) is 59.7 Å². The Morgan fingerprint density at radius 3 is 2.40 bits per heavy atom. The van der Waals surface area contributed by atoms with Crippen LogP contribution in [-0.2, 0) is 0 Å². The molecule has 2 rings (SSSR count). The van der Waals surface area contributed by atoms with E-state index >= 15 is 0 Å². The fraction of sp³-hybridized carbons (Fsp3) is 0.125.